The number of amides is 1. The predicted octanol–water partition coefficient (Wildman–Crippen LogP) is 1.52. The van der Waals surface area contributed by atoms with Crippen molar-refractivity contribution in [1.29, 1.82) is 0 Å². The summed E-state index contributed by atoms with van der Waals surface area (Å²) in [4.78, 5) is 24.8. The van der Waals surface area contributed by atoms with Gasteiger partial charge in [0.1, 0.15) is 12.1 Å². The van der Waals surface area contributed by atoms with Crippen LogP contribution in [0.25, 0.3) is 10.9 Å². The molecule has 1 aromatic carbocycles. The predicted molar refractivity (Wildman–Crippen MR) is 93.6 cm³/mol. The van der Waals surface area contributed by atoms with Crippen LogP contribution in [0.15, 0.2) is 30.6 Å². The largest absolute Gasteiger partial charge is 0.353 e. The Hall–Kier alpha value is -2.21. The minimum atomic E-state index is 0.00218. The molecule has 0 bridgehead atoms. The summed E-state index contributed by atoms with van der Waals surface area (Å²) in [7, 11) is 1.87. The number of nitrogens with one attached hydrogen (secondary N) is 1. The van der Waals surface area contributed by atoms with Gasteiger partial charge in [0.15, 0.2) is 0 Å². The number of anilines is 1. The standard InChI is InChI=1S/C17H25N5O/c1-4-22(5-2)11-10-18-16(23)12-21(3)17-14-8-6-7-9-15(14)19-13-20-17/h6-9,13H,4-5,10-12H2,1-3H3,(H,18,23). The third-order valence-electron chi connectivity index (χ3n) is 3.91. The summed E-state index contributed by atoms with van der Waals surface area (Å²) in [5.74, 6) is 0.775. The first kappa shape index (κ1) is 17.1. The first-order valence-electron chi connectivity index (χ1n) is 8.05. The van der Waals surface area contributed by atoms with Crippen molar-refractivity contribution in [1.82, 2.24) is 20.2 Å². The minimum Gasteiger partial charge on any atom is -0.353 e. The van der Waals surface area contributed by atoms with Crippen molar-refractivity contribution in [2.24, 2.45) is 0 Å². The molecule has 1 heterocycles. The summed E-state index contributed by atoms with van der Waals surface area (Å²) in [5.41, 5.74) is 0.881. The summed E-state index contributed by atoms with van der Waals surface area (Å²) >= 11 is 0. The van der Waals surface area contributed by atoms with Crippen molar-refractivity contribution in [3.05, 3.63) is 30.6 Å². The molecule has 6 heteroatoms. The first-order valence-corrected chi connectivity index (χ1v) is 8.05. The molecule has 2 rings (SSSR count). The summed E-state index contributed by atoms with van der Waals surface area (Å²) in [6, 6.07) is 7.81. The average Bonchev–Trinajstić information content (AvgIpc) is 2.58. The highest BCUT2D eigenvalue weighted by molar-refractivity contribution is 5.91. The van der Waals surface area contributed by atoms with E-state index in [0.29, 0.717) is 6.54 Å². The zero-order valence-electron chi connectivity index (χ0n) is 14.1. The Morgan fingerprint density at radius 3 is 2.65 bits per heavy atom. The average molecular weight is 315 g/mol. The number of para-hydroxylation sites is 1. The van der Waals surface area contributed by atoms with Gasteiger partial charge in [-0.2, -0.15) is 0 Å². The number of benzene rings is 1. The van der Waals surface area contributed by atoms with E-state index in [0.717, 1.165) is 36.4 Å². The lowest BCUT2D eigenvalue weighted by molar-refractivity contribution is -0.119. The van der Waals surface area contributed by atoms with E-state index in [2.05, 4.69) is 34.0 Å². The Morgan fingerprint density at radius 1 is 1.17 bits per heavy atom. The third kappa shape index (κ3) is 4.63. The van der Waals surface area contributed by atoms with Crippen molar-refractivity contribution < 1.29 is 4.79 Å². The Bertz CT molecular complexity index is 636. The van der Waals surface area contributed by atoms with Gasteiger partial charge in [0.05, 0.1) is 12.1 Å². The van der Waals surface area contributed by atoms with E-state index < -0.39 is 0 Å². The number of rotatable bonds is 8. The van der Waals surface area contributed by atoms with Crippen LogP contribution >= 0.6 is 0 Å². The fourth-order valence-corrected chi connectivity index (χ4v) is 2.53. The molecule has 0 saturated carbocycles. The molecule has 1 aromatic heterocycles. The fourth-order valence-electron chi connectivity index (χ4n) is 2.53. The van der Waals surface area contributed by atoms with E-state index in [1.54, 1.807) is 0 Å². The summed E-state index contributed by atoms with van der Waals surface area (Å²) in [6.07, 6.45) is 1.53. The van der Waals surface area contributed by atoms with E-state index in [4.69, 9.17) is 0 Å². The molecule has 2 aromatic rings. The van der Waals surface area contributed by atoms with Gasteiger partial charge >= 0.3 is 0 Å². The molecular weight excluding hydrogens is 290 g/mol. The maximum Gasteiger partial charge on any atom is 0.239 e. The number of aromatic nitrogens is 2. The second-order valence-electron chi connectivity index (χ2n) is 5.45. The molecule has 0 aliphatic carbocycles. The molecule has 0 unspecified atom stereocenters. The quantitative estimate of drug-likeness (QED) is 0.800. The van der Waals surface area contributed by atoms with Gasteiger partial charge in [-0.3, -0.25) is 4.79 Å². The zero-order valence-corrected chi connectivity index (χ0v) is 14.1. The second-order valence-corrected chi connectivity index (χ2v) is 5.45. The molecule has 0 fully saturated rings. The number of likely N-dealkylation sites (N-methyl/N-ethyl adjacent to an activating group) is 2. The van der Waals surface area contributed by atoms with Crippen molar-refractivity contribution in [3.8, 4) is 0 Å². The van der Waals surface area contributed by atoms with Gasteiger partial charge in [-0.15, -0.1) is 0 Å². The van der Waals surface area contributed by atoms with Crippen LogP contribution in [0.4, 0.5) is 5.82 Å². The van der Waals surface area contributed by atoms with E-state index >= 15 is 0 Å². The topological polar surface area (TPSA) is 61.4 Å². The normalized spacial score (nSPS) is 11.0. The SMILES string of the molecule is CCN(CC)CCNC(=O)CN(C)c1ncnc2ccccc12. The highest BCUT2D eigenvalue weighted by atomic mass is 16.2. The molecule has 124 valence electrons. The number of hydrogen-bond acceptors (Lipinski definition) is 5. The third-order valence-corrected chi connectivity index (χ3v) is 3.91. The van der Waals surface area contributed by atoms with Gasteiger partial charge in [0.2, 0.25) is 5.91 Å². The van der Waals surface area contributed by atoms with Gasteiger partial charge in [-0.1, -0.05) is 26.0 Å². The van der Waals surface area contributed by atoms with Crippen molar-refractivity contribution in [3.63, 3.8) is 0 Å². The molecule has 1 amide bonds. The van der Waals surface area contributed by atoms with Crippen LogP contribution < -0.4 is 10.2 Å². The van der Waals surface area contributed by atoms with Crippen LogP contribution in [0, 0.1) is 0 Å². The van der Waals surface area contributed by atoms with E-state index in [1.165, 1.54) is 6.33 Å². The van der Waals surface area contributed by atoms with Crippen molar-refractivity contribution in [2.75, 3.05) is 44.7 Å². The maximum absolute atomic E-state index is 12.1. The molecule has 0 atom stereocenters. The van der Waals surface area contributed by atoms with Crippen molar-refractivity contribution in [2.45, 2.75) is 13.8 Å². The highest BCUT2D eigenvalue weighted by Crippen LogP contribution is 2.20. The lowest BCUT2D eigenvalue weighted by atomic mass is 10.2. The number of nitrogens with zero attached hydrogens (tertiary/aromatic N) is 4. The second kappa shape index (κ2) is 8.43. The lowest BCUT2D eigenvalue weighted by Crippen LogP contribution is -2.39. The maximum atomic E-state index is 12.1. The van der Waals surface area contributed by atoms with Crippen LogP contribution in [0.5, 0.6) is 0 Å². The van der Waals surface area contributed by atoms with Crippen LogP contribution in [-0.2, 0) is 4.79 Å². The molecule has 6 nitrogen and oxygen atoms in total. The first-order chi connectivity index (χ1) is 11.2. The van der Waals surface area contributed by atoms with Crippen LogP contribution in [-0.4, -0.2) is 60.5 Å². The fraction of sp³-hybridized carbons (Fsp3) is 0.471. The number of carbonyl (C=O) groups excluding carboxylic acids is 1. The molecule has 23 heavy (non-hydrogen) atoms. The Kier molecular flexibility index (Phi) is 6.29. The van der Waals surface area contributed by atoms with Crippen LogP contribution in [0.2, 0.25) is 0 Å². The molecule has 0 radical (unpaired) electrons. The Labute approximate surface area is 137 Å². The summed E-state index contributed by atoms with van der Waals surface area (Å²) in [6.45, 7) is 8.06. The summed E-state index contributed by atoms with van der Waals surface area (Å²) in [5, 5.41) is 3.92. The molecule has 0 aliphatic rings. The summed E-state index contributed by atoms with van der Waals surface area (Å²) < 4.78 is 0. The lowest BCUT2D eigenvalue weighted by Gasteiger charge is -2.21. The van der Waals surface area contributed by atoms with Gasteiger partial charge in [0, 0.05) is 25.5 Å². The number of carbonyl (C=O) groups is 1. The van der Waals surface area contributed by atoms with E-state index in [-0.39, 0.29) is 12.5 Å². The van der Waals surface area contributed by atoms with Crippen molar-refractivity contribution >= 4 is 22.6 Å². The zero-order chi connectivity index (χ0) is 16.7. The highest BCUT2D eigenvalue weighted by Gasteiger charge is 2.12. The molecule has 1 N–H and O–H groups in total. The monoisotopic (exact) mass is 315 g/mol. The van der Waals surface area contributed by atoms with E-state index in [9.17, 15) is 4.79 Å². The molecular formula is C17H25N5O. The molecule has 0 saturated heterocycles. The van der Waals surface area contributed by atoms with Gasteiger partial charge in [0.25, 0.3) is 0 Å². The smallest absolute Gasteiger partial charge is 0.239 e. The van der Waals surface area contributed by atoms with Gasteiger partial charge < -0.3 is 15.1 Å². The molecule has 0 spiro atoms. The molecule has 0 aliphatic heterocycles. The van der Waals surface area contributed by atoms with Gasteiger partial charge in [-0.05, 0) is 25.2 Å². The van der Waals surface area contributed by atoms with Gasteiger partial charge in [-0.25, -0.2) is 9.97 Å². The van der Waals surface area contributed by atoms with Crippen LogP contribution in [0.1, 0.15) is 13.8 Å². The minimum absolute atomic E-state index is 0.00218. The Morgan fingerprint density at radius 2 is 1.91 bits per heavy atom. The number of fused-ring (bicyclic) bond motifs is 1. The Balaban J connectivity index is 1.93. The number of hydrogen-bond donors (Lipinski definition) is 1. The van der Waals surface area contributed by atoms with E-state index in [1.807, 2.05) is 36.2 Å². The van der Waals surface area contributed by atoms with Crippen LogP contribution in [0.3, 0.4) is 0 Å².